The highest BCUT2D eigenvalue weighted by Crippen LogP contribution is 2.33. The Morgan fingerprint density at radius 2 is 1.79 bits per heavy atom. The Kier molecular flexibility index (Phi) is 6.45. The number of rotatable bonds is 6. The quantitative estimate of drug-likeness (QED) is 0.474. The van der Waals surface area contributed by atoms with Crippen molar-refractivity contribution in [1.82, 2.24) is 9.47 Å². The van der Waals surface area contributed by atoms with Crippen LogP contribution in [0.4, 0.5) is 9.18 Å². The molecule has 170 valence electrons. The van der Waals surface area contributed by atoms with E-state index in [0.29, 0.717) is 13.0 Å². The fourth-order valence-electron chi connectivity index (χ4n) is 4.33. The van der Waals surface area contributed by atoms with Gasteiger partial charge < -0.3 is 14.2 Å². The minimum atomic E-state index is -0.385. The number of aryl methyl sites for hydroxylation is 1. The smallest absolute Gasteiger partial charge is 0.410 e. The molecule has 5 nitrogen and oxygen atoms in total. The molecule has 0 saturated carbocycles. The minimum Gasteiger partial charge on any atom is -0.445 e. The molecule has 1 aromatic heterocycles. The molecule has 3 aromatic rings. The lowest BCUT2D eigenvalue weighted by Gasteiger charge is -2.38. The van der Waals surface area contributed by atoms with Crippen LogP contribution in [0.5, 0.6) is 0 Å². The van der Waals surface area contributed by atoms with Crippen molar-refractivity contribution >= 4 is 6.09 Å². The summed E-state index contributed by atoms with van der Waals surface area (Å²) < 4.78 is 21.0. The molecular weight excluding hydrogens is 419 g/mol. The van der Waals surface area contributed by atoms with E-state index in [9.17, 15) is 14.0 Å². The minimum absolute atomic E-state index is 0.0537. The normalized spacial score (nSPS) is 17.8. The molecular formula is C27H27FN2O3. The van der Waals surface area contributed by atoms with Gasteiger partial charge in [0.2, 0.25) is 5.56 Å². The van der Waals surface area contributed by atoms with Gasteiger partial charge in [-0.1, -0.05) is 42.5 Å². The van der Waals surface area contributed by atoms with Crippen LogP contribution in [0.2, 0.25) is 0 Å². The summed E-state index contributed by atoms with van der Waals surface area (Å²) >= 11 is 0. The average molecular weight is 447 g/mol. The highest BCUT2D eigenvalue weighted by molar-refractivity contribution is 5.70. The molecule has 2 heterocycles. The molecule has 0 radical (unpaired) electrons. The molecule has 0 bridgehead atoms. The Balaban J connectivity index is 1.46. The molecule has 33 heavy (non-hydrogen) atoms. The monoisotopic (exact) mass is 446 g/mol. The summed E-state index contributed by atoms with van der Waals surface area (Å²) in [6.45, 7) is 6.37. The zero-order valence-electron chi connectivity index (χ0n) is 18.8. The molecule has 0 spiro atoms. The first kappa shape index (κ1) is 22.5. The molecule has 1 aliphatic rings. The third kappa shape index (κ3) is 4.75. The van der Waals surface area contributed by atoms with E-state index in [0.717, 1.165) is 22.3 Å². The summed E-state index contributed by atoms with van der Waals surface area (Å²) in [5, 5.41) is 0. The summed E-state index contributed by atoms with van der Waals surface area (Å²) in [7, 11) is 1.72. The molecule has 0 aliphatic carbocycles. The number of carbonyl (C=O) groups excluding carboxylic acids is 1. The first-order chi connectivity index (χ1) is 15.9. The number of aromatic nitrogens is 1. The van der Waals surface area contributed by atoms with E-state index in [1.165, 1.54) is 12.1 Å². The van der Waals surface area contributed by atoms with Crippen molar-refractivity contribution in [2.75, 3.05) is 6.54 Å². The van der Waals surface area contributed by atoms with E-state index in [1.54, 1.807) is 47.0 Å². The van der Waals surface area contributed by atoms with Gasteiger partial charge in [-0.25, -0.2) is 9.18 Å². The number of carbonyl (C=O) groups is 1. The Labute approximate surface area is 192 Å². The van der Waals surface area contributed by atoms with E-state index >= 15 is 0 Å². The summed E-state index contributed by atoms with van der Waals surface area (Å²) in [6.07, 6.45) is 3.37. The van der Waals surface area contributed by atoms with Crippen LogP contribution < -0.4 is 5.56 Å². The second-order valence-corrected chi connectivity index (χ2v) is 8.39. The number of hydrogen-bond donors (Lipinski definition) is 0. The first-order valence-electron chi connectivity index (χ1n) is 11.0. The van der Waals surface area contributed by atoms with Crippen LogP contribution in [0, 0.1) is 5.82 Å². The first-order valence-corrected chi connectivity index (χ1v) is 11.0. The number of amides is 1. The van der Waals surface area contributed by atoms with Crippen LogP contribution in [0.1, 0.15) is 36.4 Å². The Morgan fingerprint density at radius 3 is 2.42 bits per heavy atom. The van der Waals surface area contributed by atoms with Gasteiger partial charge in [-0.15, -0.1) is 6.58 Å². The molecule has 1 fully saturated rings. The Morgan fingerprint density at radius 1 is 1.06 bits per heavy atom. The Hall–Kier alpha value is -3.67. The zero-order valence-corrected chi connectivity index (χ0v) is 18.8. The number of ether oxygens (including phenoxy) is 1. The van der Waals surface area contributed by atoms with Crippen molar-refractivity contribution in [3.8, 4) is 11.1 Å². The van der Waals surface area contributed by atoms with Gasteiger partial charge in [0.05, 0.1) is 6.04 Å². The van der Waals surface area contributed by atoms with Gasteiger partial charge in [0.1, 0.15) is 11.9 Å². The topological polar surface area (TPSA) is 51.5 Å². The lowest BCUT2D eigenvalue weighted by molar-refractivity contribution is 0.00765. The summed E-state index contributed by atoms with van der Waals surface area (Å²) in [5.41, 5.74) is 3.63. The maximum absolute atomic E-state index is 13.7. The lowest BCUT2D eigenvalue weighted by atomic mass is 9.90. The van der Waals surface area contributed by atoms with E-state index in [2.05, 4.69) is 6.58 Å². The largest absolute Gasteiger partial charge is 0.445 e. The zero-order chi connectivity index (χ0) is 23.5. The van der Waals surface area contributed by atoms with Crippen molar-refractivity contribution in [2.45, 2.75) is 31.4 Å². The molecule has 3 unspecified atom stereocenters. The fourth-order valence-corrected chi connectivity index (χ4v) is 4.33. The van der Waals surface area contributed by atoms with E-state index in [1.807, 2.05) is 37.3 Å². The van der Waals surface area contributed by atoms with Crippen LogP contribution in [0.3, 0.4) is 0 Å². The van der Waals surface area contributed by atoms with Crippen LogP contribution in [-0.4, -0.2) is 28.2 Å². The second kappa shape index (κ2) is 9.45. The van der Waals surface area contributed by atoms with Crippen LogP contribution in [0.25, 0.3) is 11.1 Å². The number of cyclic esters (lactones) is 1. The van der Waals surface area contributed by atoms with Gasteiger partial charge in [0, 0.05) is 38.2 Å². The predicted octanol–water partition coefficient (Wildman–Crippen LogP) is 5.43. The number of hydrogen-bond acceptors (Lipinski definition) is 3. The van der Waals surface area contributed by atoms with Gasteiger partial charge >= 0.3 is 6.09 Å². The number of nitrogens with zero attached hydrogens (tertiary/aromatic N) is 2. The Bertz CT molecular complexity index is 1220. The van der Waals surface area contributed by atoms with E-state index in [-0.39, 0.29) is 35.5 Å². The third-order valence-electron chi connectivity index (χ3n) is 6.31. The number of halogens is 1. The highest BCUT2D eigenvalue weighted by Gasteiger charge is 2.34. The van der Waals surface area contributed by atoms with Gasteiger partial charge in [-0.2, -0.15) is 0 Å². The molecule has 2 aromatic carbocycles. The second-order valence-electron chi connectivity index (χ2n) is 8.39. The van der Waals surface area contributed by atoms with E-state index < -0.39 is 0 Å². The maximum Gasteiger partial charge on any atom is 0.410 e. The van der Waals surface area contributed by atoms with Crippen molar-refractivity contribution in [3.05, 3.63) is 107 Å². The summed E-state index contributed by atoms with van der Waals surface area (Å²) in [6, 6.07) is 17.5. The summed E-state index contributed by atoms with van der Waals surface area (Å²) in [5.74, 6) is -0.582. The van der Waals surface area contributed by atoms with Crippen LogP contribution in [0.15, 0.2) is 84.3 Å². The van der Waals surface area contributed by atoms with Crippen molar-refractivity contribution in [1.29, 1.82) is 0 Å². The maximum atomic E-state index is 13.7. The molecule has 6 heteroatoms. The number of benzene rings is 2. The van der Waals surface area contributed by atoms with Crippen molar-refractivity contribution in [2.24, 2.45) is 7.05 Å². The van der Waals surface area contributed by atoms with Gasteiger partial charge in [-0.05, 0) is 47.4 Å². The average Bonchev–Trinajstić information content (AvgIpc) is 2.81. The third-order valence-corrected chi connectivity index (χ3v) is 6.31. The molecule has 1 amide bonds. The number of pyridine rings is 1. The molecule has 3 atom stereocenters. The molecule has 1 aliphatic heterocycles. The van der Waals surface area contributed by atoms with Crippen molar-refractivity contribution in [3.63, 3.8) is 0 Å². The van der Waals surface area contributed by atoms with Crippen molar-refractivity contribution < 1.29 is 13.9 Å². The van der Waals surface area contributed by atoms with Gasteiger partial charge in [-0.3, -0.25) is 4.79 Å². The summed E-state index contributed by atoms with van der Waals surface area (Å²) in [4.78, 5) is 26.2. The molecule has 4 rings (SSSR count). The van der Waals surface area contributed by atoms with Crippen LogP contribution >= 0.6 is 0 Å². The van der Waals surface area contributed by atoms with Gasteiger partial charge in [0.15, 0.2) is 0 Å². The van der Waals surface area contributed by atoms with Gasteiger partial charge in [0.25, 0.3) is 0 Å². The lowest BCUT2D eigenvalue weighted by Crippen LogP contribution is -2.44. The standard InChI is InChI=1S/C27H27FN2O3/c1-4-24(21-6-5-7-23(28)16-21)25-14-15-30(27(32)33-25)18(2)19-8-10-20(11-9-19)22-12-13-26(31)29(3)17-22/h4-13,16-18,24-25H,1,14-15H2,2-3H3. The fraction of sp³-hybridized carbons (Fsp3) is 0.259. The SMILES string of the molecule is C=CC(c1cccc(F)c1)C1CCN(C(C)c2ccc(-c3ccc(=O)n(C)c3)cc2)C(=O)O1. The van der Waals surface area contributed by atoms with E-state index in [4.69, 9.17) is 4.74 Å². The predicted molar refractivity (Wildman–Crippen MR) is 126 cm³/mol. The molecule has 1 saturated heterocycles. The molecule has 0 N–H and O–H groups in total. The highest BCUT2D eigenvalue weighted by atomic mass is 19.1. The van der Waals surface area contributed by atoms with Crippen LogP contribution in [-0.2, 0) is 11.8 Å².